The van der Waals surface area contributed by atoms with Gasteiger partial charge in [0.25, 0.3) is 0 Å². The highest BCUT2D eigenvalue weighted by Gasteiger charge is 2.14. The van der Waals surface area contributed by atoms with Crippen molar-refractivity contribution in [3.05, 3.63) is 77.9 Å². The standard InChI is InChI=1S/C21H21NO5S/c1-15(28-27-21(26)13-12-20(24)25)22-18(16-8-4-2-5-9-16)14-19(23)17-10-6-3-7-11-17/h2-11,14-15,22H,12-13H2,1H3,(H,24,25)/b18-14-. The number of carboxylic acids is 1. The molecule has 0 saturated carbocycles. The van der Waals surface area contributed by atoms with Crippen molar-refractivity contribution < 1.29 is 23.7 Å². The maximum absolute atomic E-state index is 12.6. The minimum Gasteiger partial charge on any atom is -0.481 e. The fourth-order valence-corrected chi connectivity index (χ4v) is 2.77. The fraction of sp³-hybridized carbons (Fsp3) is 0.190. The van der Waals surface area contributed by atoms with Crippen LogP contribution in [0.4, 0.5) is 0 Å². The molecule has 1 atom stereocenters. The van der Waals surface area contributed by atoms with Gasteiger partial charge in [-0.05, 0) is 12.5 Å². The lowest BCUT2D eigenvalue weighted by Crippen LogP contribution is -2.23. The zero-order chi connectivity index (χ0) is 20.4. The Labute approximate surface area is 167 Å². The zero-order valence-corrected chi connectivity index (χ0v) is 16.1. The predicted molar refractivity (Wildman–Crippen MR) is 108 cm³/mol. The van der Waals surface area contributed by atoms with Gasteiger partial charge in [-0.25, -0.2) is 0 Å². The molecule has 0 bridgehead atoms. The van der Waals surface area contributed by atoms with Crippen molar-refractivity contribution >= 4 is 35.5 Å². The highest BCUT2D eigenvalue weighted by molar-refractivity contribution is 7.95. The van der Waals surface area contributed by atoms with Crippen LogP contribution in [0, 0.1) is 0 Å². The van der Waals surface area contributed by atoms with Crippen LogP contribution in [0.15, 0.2) is 66.7 Å². The smallest absolute Gasteiger partial charge is 0.318 e. The van der Waals surface area contributed by atoms with Crippen LogP contribution in [0.2, 0.25) is 0 Å². The highest BCUT2D eigenvalue weighted by Crippen LogP contribution is 2.19. The molecule has 7 heteroatoms. The number of ketones is 1. The Balaban J connectivity index is 2.06. The van der Waals surface area contributed by atoms with E-state index in [-0.39, 0.29) is 24.0 Å². The first-order chi connectivity index (χ1) is 13.5. The van der Waals surface area contributed by atoms with E-state index in [9.17, 15) is 14.4 Å². The third kappa shape index (κ3) is 7.28. The van der Waals surface area contributed by atoms with Gasteiger partial charge in [0.05, 0.1) is 24.9 Å². The van der Waals surface area contributed by atoms with E-state index in [1.807, 2.05) is 36.4 Å². The summed E-state index contributed by atoms with van der Waals surface area (Å²) in [6.45, 7) is 1.78. The summed E-state index contributed by atoms with van der Waals surface area (Å²) >= 11 is 0.876. The minimum atomic E-state index is -1.05. The summed E-state index contributed by atoms with van der Waals surface area (Å²) in [4.78, 5) is 34.6. The number of allylic oxidation sites excluding steroid dienone is 1. The summed E-state index contributed by atoms with van der Waals surface area (Å²) in [6, 6.07) is 18.3. The quantitative estimate of drug-likeness (QED) is 0.271. The zero-order valence-electron chi connectivity index (χ0n) is 15.3. The average molecular weight is 399 g/mol. The number of carbonyl (C=O) groups excluding carboxylic acids is 2. The van der Waals surface area contributed by atoms with E-state index in [0.717, 1.165) is 17.6 Å². The first kappa shape index (κ1) is 21.2. The summed E-state index contributed by atoms with van der Waals surface area (Å²) in [5.74, 6) is -1.81. The third-order valence-electron chi connectivity index (χ3n) is 3.61. The van der Waals surface area contributed by atoms with Gasteiger partial charge in [-0.15, -0.1) is 0 Å². The fourth-order valence-electron chi connectivity index (χ4n) is 2.26. The third-order valence-corrected chi connectivity index (χ3v) is 4.29. The largest absolute Gasteiger partial charge is 0.481 e. The number of hydrogen-bond donors (Lipinski definition) is 2. The van der Waals surface area contributed by atoms with Crippen molar-refractivity contribution in [1.82, 2.24) is 5.32 Å². The lowest BCUT2D eigenvalue weighted by molar-refractivity contribution is -0.141. The van der Waals surface area contributed by atoms with E-state index in [2.05, 4.69) is 5.32 Å². The molecular weight excluding hydrogens is 378 g/mol. The average Bonchev–Trinajstić information content (AvgIpc) is 2.71. The first-order valence-corrected chi connectivity index (χ1v) is 9.47. The Morgan fingerprint density at radius 2 is 1.57 bits per heavy atom. The Morgan fingerprint density at radius 1 is 1.00 bits per heavy atom. The number of benzene rings is 2. The number of carbonyl (C=O) groups is 3. The van der Waals surface area contributed by atoms with E-state index >= 15 is 0 Å². The Bertz CT molecular complexity index is 836. The molecule has 0 aromatic heterocycles. The lowest BCUT2D eigenvalue weighted by Gasteiger charge is -2.17. The Kier molecular flexibility index (Phi) is 8.30. The van der Waals surface area contributed by atoms with Gasteiger partial charge in [0.1, 0.15) is 5.37 Å². The van der Waals surface area contributed by atoms with E-state index in [0.29, 0.717) is 11.3 Å². The van der Waals surface area contributed by atoms with Gasteiger partial charge in [0.15, 0.2) is 5.78 Å². The van der Waals surface area contributed by atoms with Gasteiger partial charge < -0.3 is 14.6 Å². The molecule has 28 heavy (non-hydrogen) atoms. The molecule has 0 spiro atoms. The van der Waals surface area contributed by atoms with Gasteiger partial charge in [0.2, 0.25) is 0 Å². The molecule has 0 aliphatic carbocycles. The van der Waals surface area contributed by atoms with Crippen molar-refractivity contribution in [2.24, 2.45) is 0 Å². The SMILES string of the molecule is CC(N/C(=C\C(=O)c1ccccc1)c1ccccc1)SOC(=O)CCC(=O)O. The summed E-state index contributed by atoms with van der Waals surface area (Å²) in [7, 11) is 0. The molecule has 2 aromatic carbocycles. The minimum absolute atomic E-state index is 0.150. The van der Waals surface area contributed by atoms with Crippen LogP contribution in [-0.2, 0) is 13.8 Å². The van der Waals surface area contributed by atoms with Crippen LogP contribution in [0.1, 0.15) is 35.7 Å². The molecular formula is C21H21NO5S. The van der Waals surface area contributed by atoms with Crippen LogP contribution in [0.25, 0.3) is 5.70 Å². The van der Waals surface area contributed by atoms with Crippen LogP contribution in [-0.4, -0.2) is 28.2 Å². The molecule has 6 nitrogen and oxygen atoms in total. The van der Waals surface area contributed by atoms with Crippen LogP contribution >= 0.6 is 12.0 Å². The normalized spacial score (nSPS) is 12.1. The van der Waals surface area contributed by atoms with Gasteiger partial charge in [-0.3, -0.25) is 14.4 Å². The van der Waals surface area contributed by atoms with Gasteiger partial charge in [-0.2, -0.15) is 0 Å². The van der Waals surface area contributed by atoms with Crippen LogP contribution < -0.4 is 5.32 Å². The molecule has 1 unspecified atom stereocenters. The molecule has 146 valence electrons. The Morgan fingerprint density at radius 3 is 2.14 bits per heavy atom. The molecule has 0 aliphatic heterocycles. The van der Waals surface area contributed by atoms with E-state index in [1.165, 1.54) is 6.08 Å². The van der Waals surface area contributed by atoms with Crippen LogP contribution in [0.5, 0.6) is 0 Å². The second-order valence-electron chi connectivity index (χ2n) is 5.89. The summed E-state index contributed by atoms with van der Waals surface area (Å²) in [5, 5.41) is 11.4. The van der Waals surface area contributed by atoms with Crippen molar-refractivity contribution in [2.75, 3.05) is 0 Å². The number of nitrogens with one attached hydrogen (secondary N) is 1. The van der Waals surface area contributed by atoms with Gasteiger partial charge in [-0.1, -0.05) is 60.7 Å². The predicted octanol–water partition coefficient (Wildman–Crippen LogP) is 3.90. The molecule has 0 amide bonds. The molecule has 2 rings (SSSR count). The molecule has 2 N–H and O–H groups in total. The topological polar surface area (TPSA) is 92.7 Å². The first-order valence-electron chi connectivity index (χ1n) is 8.66. The highest BCUT2D eigenvalue weighted by atomic mass is 32.2. The molecule has 0 aliphatic rings. The monoisotopic (exact) mass is 399 g/mol. The molecule has 0 heterocycles. The summed E-state index contributed by atoms with van der Waals surface area (Å²) in [6.07, 6.45) is 1.04. The van der Waals surface area contributed by atoms with Gasteiger partial charge in [0, 0.05) is 17.3 Å². The molecule has 0 saturated heterocycles. The maximum Gasteiger partial charge on any atom is 0.318 e. The molecule has 0 fully saturated rings. The van der Waals surface area contributed by atoms with E-state index in [1.54, 1.807) is 31.2 Å². The van der Waals surface area contributed by atoms with Gasteiger partial charge >= 0.3 is 11.9 Å². The second-order valence-corrected chi connectivity index (χ2v) is 6.95. The number of hydrogen-bond acceptors (Lipinski definition) is 6. The van der Waals surface area contributed by atoms with Crippen molar-refractivity contribution in [2.45, 2.75) is 25.1 Å². The molecule has 2 aromatic rings. The second kappa shape index (κ2) is 10.9. The summed E-state index contributed by atoms with van der Waals surface area (Å²) < 4.78 is 5.02. The van der Waals surface area contributed by atoms with Crippen molar-refractivity contribution in [3.63, 3.8) is 0 Å². The number of carboxylic acid groups (broad SMARTS) is 1. The van der Waals surface area contributed by atoms with Crippen molar-refractivity contribution in [3.8, 4) is 0 Å². The van der Waals surface area contributed by atoms with E-state index < -0.39 is 11.9 Å². The number of rotatable bonds is 10. The van der Waals surface area contributed by atoms with Crippen LogP contribution in [0.3, 0.4) is 0 Å². The van der Waals surface area contributed by atoms with Crippen molar-refractivity contribution in [1.29, 1.82) is 0 Å². The maximum atomic E-state index is 12.6. The lowest BCUT2D eigenvalue weighted by atomic mass is 10.1. The number of aliphatic carboxylic acids is 1. The Hall–Kier alpha value is -3.06. The molecule has 0 radical (unpaired) electrons. The summed E-state index contributed by atoms with van der Waals surface area (Å²) in [5.41, 5.74) is 1.98. The van der Waals surface area contributed by atoms with E-state index in [4.69, 9.17) is 9.29 Å².